The number of hydrogen-bond donors (Lipinski definition) is 1. The fourth-order valence-electron chi connectivity index (χ4n) is 0.869. The van der Waals surface area contributed by atoms with Crippen molar-refractivity contribution in [1.82, 2.24) is 0 Å². The molecule has 0 aliphatic heterocycles. The lowest BCUT2D eigenvalue weighted by molar-refractivity contribution is 0.157. The molecule has 1 atom stereocenters. The van der Waals surface area contributed by atoms with Crippen LogP contribution in [-0.4, -0.2) is 25.2 Å². The molecule has 0 saturated carbocycles. The lowest BCUT2D eigenvalue weighted by Crippen LogP contribution is -2.13. The number of hydrogen-bond acceptors (Lipinski definition) is 4. The second-order valence-corrected chi connectivity index (χ2v) is 5.42. The quantitative estimate of drug-likeness (QED) is 0.681. The molecule has 0 bridgehead atoms. The molecule has 5 heteroatoms. The van der Waals surface area contributed by atoms with Crippen molar-refractivity contribution in [2.45, 2.75) is 26.1 Å². The summed E-state index contributed by atoms with van der Waals surface area (Å²) in [5.41, 5.74) is 0. The largest absolute Gasteiger partial charge is 0.380 e. The van der Waals surface area contributed by atoms with Crippen molar-refractivity contribution < 1.29 is 18.7 Å². The van der Waals surface area contributed by atoms with Gasteiger partial charge in [-0.3, -0.25) is 4.57 Å². The van der Waals surface area contributed by atoms with E-state index in [0.717, 1.165) is 0 Å². The van der Waals surface area contributed by atoms with Gasteiger partial charge in [0.05, 0.1) is 0 Å². The van der Waals surface area contributed by atoms with Gasteiger partial charge in [0.15, 0.2) is 5.85 Å². The summed E-state index contributed by atoms with van der Waals surface area (Å²) in [6.45, 7) is 3.86. The Balaban J connectivity index is 4.22. The Bertz CT molecular complexity index is 161. The molecular weight excluding hydrogens is 179 g/mol. The molecule has 0 radical (unpaired) electrons. The predicted molar refractivity (Wildman–Crippen MR) is 47.1 cm³/mol. The summed E-state index contributed by atoms with van der Waals surface area (Å²) in [4.78, 5) is 0. The van der Waals surface area contributed by atoms with E-state index < -0.39 is 13.4 Å². The van der Waals surface area contributed by atoms with Crippen LogP contribution in [0.2, 0.25) is 0 Å². The van der Waals surface area contributed by atoms with E-state index in [1.165, 1.54) is 14.2 Å². The normalized spacial score (nSPS) is 15.2. The van der Waals surface area contributed by atoms with Crippen LogP contribution in [0.15, 0.2) is 0 Å². The van der Waals surface area contributed by atoms with E-state index in [1.54, 1.807) is 0 Å². The molecule has 0 aromatic carbocycles. The van der Waals surface area contributed by atoms with Gasteiger partial charge in [-0.2, -0.15) is 0 Å². The third-order valence-corrected chi connectivity index (χ3v) is 3.52. The fourth-order valence-corrected chi connectivity index (χ4v) is 2.18. The van der Waals surface area contributed by atoms with Crippen molar-refractivity contribution in [2.24, 2.45) is 5.92 Å². The second-order valence-electron chi connectivity index (χ2n) is 3.02. The van der Waals surface area contributed by atoms with Gasteiger partial charge in [0, 0.05) is 14.2 Å². The number of aliphatic hydroxyl groups excluding tert-OH is 1. The zero-order valence-electron chi connectivity index (χ0n) is 7.98. The van der Waals surface area contributed by atoms with Gasteiger partial charge >= 0.3 is 7.60 Å². The molecule has 12 heavy (non-hydrogen) atoms. The van der Waals surface area contributed by atoms with Crippen LogP contribution in [0.4, 0.5) is 0 Å². The highest BCUT2D eigenvalue weighted by atomic mass is 31.2. The maximum Gasteiger partial charge on any atom is 0.358 e. The second kappa shape index (κ2) is 4.97. The van der Waals surface area contributed by atoms with Gasteiger partial charge in [0.2, 0.25) is 0 Å². The Kier molecular flexibility index (Phi) is 5.02. The molecule has 0 spiro atoms. The molecule has 4 nitrogen and oxygen atoms in total. The highest BCUT2D eigenvalue weighted by Crippen LogP contribution is 2.52. The van der Waals surface area contributed by atoms with E-state index in [2.05, 4.69) is 9.05 Å². The minimum Gasteiger partial charge on any atom is -0.380 e. The van der Waals surface area contributed by atoms with Crippen LogP contribution in [0.3, 0.4) is 0 Å². The van der Waals surface area contributed by atoms with Crippen molar-refractivity contribution in [2.75, 3.05) is 14.2 Å². The summed E-state index contributed by atoms with van der Waals surface area (Å²) in [6.07, 6.45) is 0.416. The SMILES string of the molecule is COP(=O)(OC)C(O)CC(C)C. The van der Waals surface area contributed by atoms with E-state index in [4.69, 9.17) is 0 Å². The molecule has 0 aliphatic rings. The maximum absolute atomic E-state index is 11.5. The van der Waals surface area contributed by atoms with Gasteiger partial charge in [-0.1, -0.05) is 13.8 Å². The lowest BCUT2D eigenvalue weighted by atomic mass is 10.1. The van der Waals surface area contributed by atoms with Crippen LogP contribution >= 0.6 is 7.60 Å². The van der Waals surface area contributed by atoms with E-state index in [-0.39, 0.29) is 5.92 Å². The number of rotatable bonds is 5. The van der Waals surface area contributed by atoms with Crippen molar-refractivity contribution in [1.29, 1.82) is 0 Å². The van der Waals surface area contributed by atoms with Crippen LogP contribution in [0.25, 0.3) is 0 Å². The first-order chi connectivity index (χ1) is 5.46. The Morgan fingerprint density at radius 1 is 1.33 bits per heavy atom. The smallest absolute Gasteiger partial charge is 0.358 e. The molecule has 0 aromatic heterocycles. The van der Waals surface area contributed by atoms with Crippen LogP contribution in [-0.2, 0) is 13.6 Å². The molecule has 1 N–H and O–H groups in total. The first-order valence-corrected chi connectivity index (χ1v) is 5.46. The maximum atomic E-state index is 11.5. The summed E-state index contributed by atoms with van der Waals surface area (Å²) in [5.74, 6) is -0.758. The average Bonchev–Trinajstić information content (AvgIpc) is 2.02. The minimum atomic E-state index is -3.27. The number of aliphatic hydroxyl groups is 1. The monoisotopic (exact) mass is 196 g/mol. The Hall–Kier alpha value is 0.110. The van der Waals surface area contributed by atoms with E-state index in [1.807, 2.05) is 13.8 Å². The fraction of sp³-hybridized carbons (Fsp3) is 1.00. The summed E-state index contributed by atoms with van der Waals surface area (Å²) in [5, 5.41) is 9.43. The molecule has 0 fully saturated rings. The first kappa shape index (κ1) is 12.1. The van der Waals surface area contributed by atoms with Gasteiger partial charge in [-0.05, 0) is 12.3 Å². The highest BCUT2D eigenvalue weighted by Gasteiger charge is 2.32. The van der Waals surface area contributed by atoms with Gasteiger partial charge in [-0.15, -0.1) is 0 Å². The van der Waals surface area contributed by atoms with Crippen LogP contribution in [0.1, 0.15) is 20.3 Å². The van der Waals surface area contributed by atoms with Gasteiger partial charge in [-0.25, -0.2) is 0 Å². The Morgan fingerprint density at radius 3 is 2.00 bits per heavy atom. The summed E-state index contributed by atoms with van der Waals surface area (Å²) < 4.78 is 20.8. The first-order valence-electron chi connectivity index (χ1n) is 3.85. The van der Waals surface area contributed by atoms with Crippen molar-refractivity contribution in [3.8, 4) is 0 Å². The van der Waals surface area contributed by atoms with Gasteiger partial charge < -0.3 is 14.2 Å². The molecule has 74 valence electrons. The summed E-state index contributed by atoms with van der Waals surface area (Å²) in [7, 11) is -0.727. The van der Waals surface area contributed by atoms with Gasteiger partial charge in [0.1, 0.15) is 0 Å². The van der Waals surface area contributed by atoms with E-state index in [0.29, 0.717) is 6.42 Å². The lowest BCUT2D eigenvalue weighted by Gasteiger charge is -2.20. The van der Waals surface area contributed by atoms with E-state index in [9.17, 15) is 9.67 Å². The van der Waals surface area contributed by atoms with Crippen LogP contribution in [0.5, 0.6) is 0 Å². The molecule has 0 rings (SSSR count). The predicted octanol–water partition coefficient (Wildman–Crippen LogP) is 1.84. The Morgan fingerprint density at radius 2 is 1.75 bits per heavy atom. The van der Waals surface area contributed by atoms with Crippen molar-refractivity contribution >= 4 is 7.60 Å². The molecule has 0 heterocycles. The minimum absolute atomic E-state index is 0.263. The molecule has 0 saturated heterocycles. The topological polar surface area (TPSA) is 55.8 Å². The van der Waals surface area contributed by atoms with Gasteiger partial charge in [0.25, 0.3) is 0 Å². The molecule has 0 aliphatic carbocycles. The molecule has 1 unspecified atom stereocenters. The third kappa shape index (κ3) is 3.23. The molecule has 0 aromatic rings. The van der Waals surface area contributed by atoms with Crippen LogP contribution < -0.4 is 0 Å². The third-order valence-electron chi connectivity index (χ3n) is 1.56. The van der Waals surface area contributed by atoms with Crippen molar-refractivity contribution in [3.63, 3.8) is 0 Å². The van der Waals surface area contributed by atoms with Crippen molar-refractivity contribution in [3.05, 3.63) is 0 Å². The van der Waals surface area contributed by atoms with E-state index >= 15 is 0 Å². The standard InChI is InChI=1S/C7H17O4P/c1-6(2)5-7(8)12(9,10-3)11-4/h6-8H,5H2,1-4H3. The zero-order chi connectivity index (χ0) is 9.78. The Labute approximate surface area is 73.4 Å². The highest BCUT2D eigenvalue weighted by molar-refractivity contribution is 7.54. The summed E-state index contributed by atoms with van der Waals surface area (Å²) in [6, 6.07) is 0. The zero-order valence-corrected chi connectivity index (χ0v) is 8.88. The summed E-state index contributed by atoms with van der Waals surface area (Å²) >= 11 is 0. The average molecular weight is 196 g/mol. The van der Waals surface area contributed by atoms with Crippen LogP contribution in [0, 0.1) is 5.92 Å². The molecule has 0 amide bonds. The molecular formula is C7H17O4P.